The van der Waals surface area contributed by atoms with Gasteiger partial charge in [0, 0.05) is 30.5 Å². The Morgan fingerprint density at radius 1 is 0.733 bits per heavy atom. The molecule has 3 aromatic rings. The van der Waals surface area contributed by atoms with Gasteiger partial charge in [-0.25, -0.2) is 0 Å². The molecule has 5 heteroatoms. The zero-order chi connectivity index (χ0) is 21.2. The highest BCUT2D eigenvalue weighted by Crippen LogP contribution is 2.13. The third-order valence-corrected chi connectivity index (χ3v) is 5.33. The summed E-state index contributed by atoms with van der Waals surface area (Å²) in [7, 11) is 0. The number of benzene rings is 3. The lowest BCUT2D eigenvalue weighted by Gasteiger charge is -2.19. The number of nitrogens with one attached hydrogen (secondary N) is 1. The van der Waals surface area contributed by atoms with Crippen LogP contribution in [0.1, 0.15) is 27.9 Å². The van der Waals surface area contributed by atoms with Crippen LogP contribution < -0.4 is 4.90 Å². The Hall–Kier alpha value is -3.31. The van der Waals surface area contributed by atoms with E-state index in [1.165, 1.54) is 28.2 Å². The molecule has 0 amide bonds. The minimum Gasteiger partial charge on any atom is -0.334 e. The summed E-state index contributed by atoms with van der Waals surface area (Å²) in [5.74, 6) is 0.0295. The summed E-state index contributed by atoms with van der Waals surface area (Å²) in [5, 5.41) is 10.8. The maximum Gasteiger partial charge on any atom is 0.269 e. The minimum atomic E-state index is -0.451. The first-order chi connectivity index (χ1) is 14.6. The van der Waals surface area contributed by atoms with Crippen molar-refractivity contribution in [1.29, 1.82) is 0 Å². The van der Waals surface area contributed by atoms with Crippen LogP contribution in [0, 0.1) is 10.1 Å². The first-order valence-corrected chi connectivity index (χ1v) is 10.3. The molecule has 0 aliphatic rings. The topological polar surface area (TPSA) is 64.7 Å². The molecule has 0 saturated heterocycles. The molecule has 0 heterocycles. The van der Waals surface area contributed by atoms with Crippen molar-refractivity contribution in [3.63, 3.8) is 0 Å². The summed E-state index contributed by atoms with van der Waals surface area (Å²) >= 11 is 0. The van der Waals surface area contributed by atoms with Gasteiger partial charge >= 0.3 is 0 Å². The molecule has 3 aromatic carbocycles. The number of nitrogens with zero attached hydrogens (tertiary/aromatic N) is 1. The highest BCUT2D eigenvalue weighted by atomic mass is 16.6. The third kappa shape index (κ3) is 6.64. The number of quaternary nitrogens is 1. The zero-order valence-electron chi connectivity index (χ0n) is 17.0. The van der Waals surface area contributed by atoms with Crippen molar-refractivity contribution in [2.75, 3.05) is 19.6 Å². The van der Waals surface area contributed by atoms with Crippen molar-refractivity contribution in [2.45, 2.75) is 19.3 Å². The zero-order valence-corrected chi connectivity index (χ0v) is 17.0. The fourth-order valence-electron chi connectivity index (χ4n) is 3.51. The molecule has 3 rings (SSSR count). The van der Waals surface area contributed by atoms with E-state index in [1.807, 2.05) is 12.1 Å². The van der Waals surface area contributed by atoms with E-state index in [9.17, 15) is 14.9 Å². The summed E-state index contributed by atoms with van der Waals surface area (Å²) in [5.41, 5.74) is 3.14. The summed E-state index contributed by atoms with van der Waals surface area (Å²) in [6.45, 7) is 2.67. The molecular formula is C25H27N2O3+. The van der Waals surface area contributed by atoms with Crippen LogP contribution in [0.15, 0.2) is 84.9 Å². The van der Waals surface area contributed by atoms with Gasteiger partial charge in [-0.3, -0.25) is 14.9 Å². The van der Waals surface area contributed by atoms with Crippen molar-refractivity contribution < 1.29 is 14.6 Å². The number of hydrogen-bond donors (Lipinski definition) is 1. The van der Waals surface area contributed by atoms with Crippen molar-refractivity contribution in [2.24, 2.45) is 0 Å². The van der Waals surface area contributed by atoms with Crippen molar-refractivity contribution in [3.05, 3.63) is 112 Å². The van der Waals surface area contributed by atoms with Gasteiger partial charge in [0.25, 0.3) is 5.69 Å². The molecule has 5 nitrogen and oxygen atoms in total. The van der Waals surface area contributed by atoms with Crippen LogP contribution in [0.5, 0.6) is 0 Å². The standard InChI is InChI=1S/C25H26N2O3/c28-25(23-11-13-24(14-12-23)27(29)30)17-20-26(18-15-21-7-3-1-4-8-21)19-16-22-9-5-2-6-10-22/h1-14H,15-20H2/p+1. The van der Waals surface area contributed by atoms with Crippen LogP contribution in [0.25, 0.3) is 0 Å². The normalized spacial score (nSPS) is 10.8. The average molecular weight is 404 g/mol. The second kappa shape index (κ2) is 11.0. The maximum atomic E-state index is 12.6. The van der Waals surface area contributed by atoms with Crippen LogP contribution in [0.2, 0.25) is 0 Å². The van der Waals surface area contributed by atoms with E-state index in [2.05, 4.69) is 48.5 Å². The number of carbonyl (C=O) groups excluding carboxylic acids is 1. The molecule has 0 aliphatic heterocycles. The van der Waals surface area contributed by atoms with Gasteiger partial charge in [0.1, 0.15) is 0 Å². The Labute approximate surface area is 177 Å². The number of Topliss-reactive ketones (excluding diaryl/α,β-unsaturated/α-hetero) is 1. The number of rotatable bonds is 11. The lowest BCUT2D eigenvalue weighted by atomic mass is 10.1. The number of ketones is 1. The Morgan fingerprint density at radius 2 is 1.23 bits per heavy atom. The molecule has 0 radical (unpaired) electrons. The largest absolute Gasteiger partial charge is 0.334 e. The van der Waals surface area contributed by atoms with Gasteiger partial charge in [-0.1, -0.05) is 60.7 Å². The van der Waals surface area contributed by atoms with E-state index < -0.39 is 4.92 Å². The third-order valence-electron chi connectivity index (χ3n) is 5.33. The maximum absolute atomic E-state index is 12.6. The number of hydrogen-bond acceptors (Lipinski definition) is 3. The Kier molecular flexibility index (Phi) is 7.86. The molecule has 1 N–H and O–H groups in total. The number of carbonyl (C=O) groups is 1. The first kappa shape index (κ1) is 21.4. The molecule has 30 heavy (non-hydrogen) atoms. The molecule has 0 aliphatic carbocycles. The van der Waals surface area contributed by atoms with Gasteiger partial charge in [0.05, 0.1) is 31.0 Å². The van der Waals surface area contributed by atoms with Crippen LogP contribution in [-0.4, -0.2) is 30.3 Å². The number of non-ortho nitro benzene ring substituents is 1. The molecule has 0 saturated carbocycles. The van der Waals surface area contributed by atoms with Gasteiger partial charge < -0.3 is 4.90 Å². The van der Waals surface area contributed by atoms with Crippen molar-refractivity contribution in [1.82, 2.24) is 0 Å². The second-order valence-corrected chi connectivity index (χ2v) is 7.45. The molecule has 0 aromatic heterocycles. The second-order valence-electron chi connectivity index (χ2n) is 7.45. The number of nitro groups is 1. The predicted octanol–water partition coefficient (Wildman–Crippen LogP) is 3.54. The monoisotopic (exact) mass is 403 g/mol. The number of nitro benzene ring substituents is 1. The summed E-state index contributed by atoms with van der Waals surface area (Å²) in [6.07, 6.45) is 2.37. The van der Waals surface area contributed by atoms with Gasteiger partial charge in [0.2, 0.25) is 0 Å². The first-order valence-electron chi connectivity index (χ1n) is 10.3. The van der Waals surface area contributed by atoms with E-state index in [-0.39, 0.29) is 11.5 Å². The SMILES string of the molecule is O=C(CC[NH+](CCc1ccccc1)CCc1ccccc1)c1ccc([N+](=O)[O-])cc1. The molecule has 0 fully saturated rings. The van der Waals surface area contributed by atoms with Crippen LogP contribution >= 0.6 is 0 Å². The van der Waals surface area contributed by atoms with Crippen molar-refractivity contribution in [3.8, 4) is 0 Å². The molecule has 0 atom stereocenters. The molecular weight excluding hydrogens is 376 g/mol. The van der Waals surface area contributed by atoms with E-state index in [0.717, 1.165) is 32.5 Å². The predicted molar refractivity (Wildman–Crippen MR) is 118 cm³/mol. The molecule has 0 spiro atoms. The van der Waals surface area contributed by atoms with E-state index in [0.29, 0.717) is 12.0 Å². The summed E-state index contributed by atoms with van der Waals surface area (Å²) in [6, 6.07) is 26.7. The Morgan fingerprint density at radius 3 is 1.70 bits per heavy atom. The summed E-state index contributed by atoms with van der Waals surface area (Å²) in [4.78, 5) is 24.3. The van der Waals surface area contributed by atoms with Gasteiger partial charge in [-0.2, -0.15) is 0 Å². The Balaban J connectivity index is 1.58. The fourth-order valence-corrected chi connectivity index (χ4v) is 3.51. The average Bonchev–Trinajstić information content (AvgIpc) is 2.79. The highest BCUT2D eigenvalue weighted by Gasteiger charge is 2.15. The van der Waals surface area contributed by atoms with Gasteiger partial charge in [0.15, 0.2) is 5.78 Å². The minimum absolute atomic E-state index is 0.00419. The van der Waals surface area contributed by atoms with E-state index in [4.69, 9.17) is 0 Å². The quantitative estimate of drug-likeness (QED) is 0.303. The van der Waals surface area contributed by atoms with Gasteiger partial charge in [-0.15, -0.1) is 0 Å². The van der Waals surface area contributed by atoms with Crippen LogP contribution in [0.3, 0.4) is 0 Å². The van der Waals surface area contributed by atoms with Crippen molar-refractivity contribution >= 4 is 11.5 Å². The van der Waals surface area contributed by atoms with Crippen LogP contribution in [-0.2, 0) is 12.8 Å². The molecule has 154 valence electrons. The Bertz CT molecular complexity index is 898. The summed E-state index contributed by atoms with van der Waals surface area (Å²) < 4.78 is 0. The molecule has 0 unspecified atom stereocenters. The lowest BCUT2D eigenvalue weighted by molar-refractivity contribution is -0.899. The van der Waals surface area contributed by atoms with E-state index in [1.54, 1.807) is 12.1 Å². The van der Waals surface area contributed by atoms with Crippen LogP contribution in [0.4, 0.5) is 5.69 Å². The fraction of sp³-hybridized carbons (Fsp3) is 0.240. The lowest BCUT2D eigenvalue weighted by Crippen LogP contribution is -3.12. The smallest absolute Gasteiger partial charge is 0.269 e. The highest BCUT2D eigenvalue weighted by molar-refractivity contribution is 5.96. The molecule has 0 bridgehead atoms. The van der Waals surface area contributed by atoms with E-state index >= 15 is 0 Å². The van der Waals surface area contributed by atoms with Gasteiger partial charge in [-0.05, 0) is 23.3 Å².